The minimum atomic E-state index is -0.320. The fraction of sp³-hybridized carbons (Fsp3) is 0. The molecule has 5 heteroatoms. The first kappa shape index (κ1) is 8.99. The van der Waals surface area contributed by atoms with Gasteiger partial charge >= 0.3 is 0 Å². The molecule has 1 heterocycles. The third-order valence-corrected chi connectivity index (χ3v) is 2.84. The zero-order valence-electron chi connectivity index (χ0n) is 5.20. The van der Waals surface area contributed by atoms with Crippen molar-refractivity contribution in [3.05, 3.63) is 19.9 Å². The predicted octanol–water partition coefficient (Wildman–Crippen LogP) is 2.60. The Bertz CT molecular complexity index is 327. The van der Waals surface area contributed by atoms with E-state index in [2.05, 4.69) is 39.8 Å². The fourth-order valence-electron chi connectivity index (χ4n) is 0.528. The Kier molecular flexibility index (Phi) is 3.32. The zero-order chi connectivity index (χ0) is 8.27. The summed E-state index contributed by atoms with van der Waals surface area (Å²) in [6.07, 6.45) is 0. The van der Waals surface area contributed by atoms with Crippen molar-refractivity contribution < 1.29 is 4.79 Å². The van der Waals surface area contributed by atoms with Crippen molar-refractivity contribution in [2.45, 2.75) is 0 Å². The summed E-state index contributed by atoms with van der Waals surface area (Å²) < 4.78 is 1.06. The highest BCUT2D eigenvalue weighted by molar-refractivity contribution is 14.1. The number of carbonyl (C=O) groups excluding carboxylic acids is 1. The van der Waals surface area contributed by atoms with Crippen LogP contribution in [0.25, 0.3) is 0 Å². The third kappa shape index (κ3) is 2.44. The van der Waals surface area contributed by atoms with Crippen LogP contribution in [0.1, 0.15) is 10.4 Å². The molecule has 0 saturated heterocycles. The zero-order valence-corrected chi connectivity index (χ0v) is 9.00. The molecule has 1 aromatic heterocycles. The van der Waals surface area contributed by atoms with Gasteiger partial charge in [-0.15, -0.1) is 11.3 Å². The van der Waals surface area contributed by atoms with Gasteiger partial charge in [0.2, 0.25) is 0 Å². The van der Waals surface area contributed by atoms with Crippen molar-refractivity contribution in [1.82, 2.24) is 0 Å². The Balaban J connectivity index is 2.93. The highest BCUT2D eigenvalue weighted by Crippen LogP contribution is 2.16. The first-order chi connectivity index (χ1) is 5.24. The maximum atomic E-state index is 11.0. The maximum Gasteiger partial charge on any atom is 0.286 e. The van der Waals surface area contributed by atoms with Crippen LogP contribution in [0, 0.1) is 2.88 Å². The lowest BCUT2D eigenvalue weighted by Gasteiger charge is -1.81. The second-order valence-electron chi connectivity index (χ2n) is 1.65. The van der Waals surface area contributed by atoms with Gasteiger partial charge in [0.15, 0.2) is 0 Å². The molecule has 0 aromatic carbocycles. The molecular formula is C6H2INOS2. The van der Waals surface area contributed by atoms with Gasteiger partial charge in [-0.05, 0) is 40.9 Å². The fourth-order valence-corrected chi connectivity index (χ4v) is 1.93. The summed E-state index contributed by atoms with van der Waals surface area (Å²) in [6, 6.07) is 1.77. The number of nitrogens with zero attached hydrogens (tertiary/aromatic N) is 1. The number of amides is 1. The summed E-state index contributed by atoms with van der Waals surface area (Å²) >= 11 is 7.94. The van der Waals surface area contributed by atoms with Crippen LogP contribution in [0.15, 0.2) is 16.4 Å². The Hall–Kier alpha value is -0.100. The molecule has 0 radical (unpaired) electrons. The standard InChI is InChI=1S/C6H2INOS2/c7-5-1-4(2-11-5)6(9)8-3-10/h1-2H. The summed E-state index contributed by atoms with van der Waals surface area (Å²) in [7, 11) is 0. The summed E-state index contributed by atoms with van der Waals surface area (Å²) in [5.74, 6) is -0.320. The van der Waals surface area contributed by atoms with Gasteiger partial charge in [0.05, 0.1) is 13.6 Å². The first-order valence-electron chi connectivity index (χ1n) is 2.60. The largest absolute Gasteiger partial charge is 0.286 e. The molecule has 0 aliphatic heterocycles. The number of thiocarbonyl (C=S) groups is 1. The van der Waals surface area contributed by atoms with Crippen molar-refractivity contribution >= 4 is 57.2 Å². The van der Waals surface area contributed by atoms with E-state index in [4.69, 9.17) is 0 Å². The molecule has 0 fully saturated rings. The molecule has 1 aromatic rings. The van der Waals surface area contributed by atoms with Gasteiger partial charge in [0.25, 0.3) is 5.91 Å². The second kappa shape index (κ2) is 4.06. The Morgan fingerprint density at radius 2 is 2.55 bits per heavy atom. The summed E-state index contributed by atoms with van der Waals surface area (Å²) in [5.41, 5.74) is 0.580. The smallest absolute Gasteiger partial charge is 0.266 e. The topological polar surface area (TPSA) is 29.4 Å². The molecular weight excluding hydrogens is 293 g/mol. The molecule has 2 nitrogen and oxygen atoms in total. The number of isothiocyanates is 1. The number of hydrogen-bond acceptors (Lipinski definition) is 3. The van der Waals surface area contributed by atoms with E-state index in [1.165, 1.54) is 11.3 Å². The normalized spacial score (nSPS) is 8.82. The van der Waals surface area contributed by atoms with Crippen LogP contribution in [0.4, 0.5) is 0 Å². The van der Waals surface area contributed by atoms with E-state index in [-0.39, 0.29) is 5.91 Å². The molecule has 0 saturated carbocycles. The lowest BCUT2D eigenvalue weighted by atomic mass is 10.3. The Morgan fingerprint density at radius 1 is 1.82 bits per heavy atom. The van der Waals surface area contributed by atoms with E-state index < -0.39 is 0 Å². The minimum absolute atomic E-state index is 0.320. The molecule has 56 valence electrons. The summed E-state index contributed by atoms with van der Waals surface area (Å²) in [4.78, 5) is 14.3. The van der Waals surface area contributed by atoms with Gasteiger partial charge in [-0.3, -0.25) is 4.79 Å². The lowest BCUT2D eigenvalue weighted by molar-refractivity contribution is 0.100. The summed E-state index contributed by atoms with van der Waals surface area (Å²) in [6.45, 7) is 0. The number of hydrogen-bond donors (Lipinski definition) is 0. The SMILES string of the molecule is O=C(N=C=S)c1csc(I)c1. The average molecular weight is 295 g/mol. The number of carbonyl (C=O) groups is 1. The van der Waals surface area contributed by atoms with Gasteiger partial charge in [0, 0.05) is 5.38 Å². The lowest BCUT2D eigenvalue weighted by Crippen LogP contribution is -1.89. The average Bonchev–Trinajstić information content (AvgIpc) is 2.36. The van der Waals surface area contributed by atoms with Crippen LogP contribution >= 0.6 is 46.1 Å². The van der Waals surface area contributed by atoms with Crippen LogP contribution in [0.3, 0.4) is 0 Å². The van der Waals surface area contributed by atoms with E-state index in [1.54, 1.807) is 11.4 Å². The monoisotopic (exact) mass is 295 g/mol. The molecule has 1 amide bonds. The van der Waals surface area contributed by atoms with Gasteiger partial charge in [-0.1, -0.05) is 0 Å². The van der Waals surface area contributed by atoms with Crippen molar-refractivity contribution in [2.24, 2.45) is 4.99 Å². The van der Waals surface area contributed by atoms with E-state index in [0.29, 0.717) is 5.56 Å². The van der Waals surface area contributed by atoms with Gasteiger partial charge in [0.1, 0.15) is 0 Å². The van der Waals surface area contributed by atoms with Crippen LogP contribution < -0.4 is 0 Å². The van der Waals surface area contributed by atoms with E-state index in [0.717, 1.165) is 2.88 Å². The van der Waals surface area contributed by atoms with Crippen molar-refractivity contribution in [3.8, 4) is 0 Å². The number of rotatable bonds is 1. The predicted molar refractivity (Wildman–Crippen MR) is 56.4 cm³/mol. The molecule has 0 aliphatic carbocycles. The van der Waals surface area contributed by atoms with E-state index in [1.807, 2.05) is 5.16 Å². The van der Waals surface area contributed by atoms with E-state index >= 15 is 0 Å². The summed E-state index contributed by atoms with van der Waals surface area (Å²) in [5, 5.41) is 3.79. The molecule has 0 spiro atoms. The van der Waals surface area contributed by atoms with Crippen LogP contribution in [0.5, 0.6) is 0 Å². The van der Waals surface area contributed by atoms with Gasteiger partial charge in [-0.2, -0.15) is 4.99 Å². The molecule has 0 N–H and O–H groups in total. The maximum absolute atomic E-state index is 11.0. The number of aliphatic imine (C=N–C) groups is 1. The van der Waals surface area contributed by atoms with Crippen molar-refractivity contribution in [3.63, 3.8) is 0 Å². The van der Waals surface area contributed by atoms with Gasteiger partial charge < -0.3 is 0 Å². The molecule has 0 unspecified atom stereocenters. The van der Waals surface area contributed by atoms with Crippen LogP contribution in [-0.2, 0) is 0 Å². The van der Waals surface area contributed by atoms with Crippen LogP contribution in [-0.4, -0.2) is 11.1 Å². The second-order valence-corrected chi connectivity index (χ2v) is 4.64. The Morgan fingerprint density at radius 3 is 3.00 bits per heavy atom. The highest BCUT2D eigenvalue weighted by atomic mass is 127. The third-order valence-electron chi connectivity index (χ3n) is 0.962. The molecule has 0 aliphatic rings. The van der Waals surface area contributed by atoms with Crippen LogP contribution in [0.2, 0.25) is 0 Å². The Labute approximate surface area is 86.5 Å². The quantitative estimate of drug-likeness (QED) is 0.453. The minimum Gasteiger partial charge on any atom is -0.266 e. The molecule has 0 atom stereocenters. The number of halogens is 1. The van der Waals surface area contributed by atoms with Crippen molar-refractivity contribution in [1.29, 1.82) is 0 Å². The molecule has 0 bridgehead atoms. The van der Waals surface area contributed by atoms with Gasteiger partial charge in [-0.25, -0.2) is 0 Å². The molecule has 11 heavy (non-hydrogen) atoms. The van der Waals surface area contributed by atoms with Crippen molar-refractivity contribution in [2.75, 3.05) is 0 Å². The number of thiophene rings is 1. The van der Waals surface area contributed by atoms with E-state index in [9.17, 15) is 4.79 Å². The first-order valence-corrected chi connectivity index (χ1v) is 4.97. The molecule has 1 rings (SSSR count). The highest BCUT2D eigenvalue weighted by Gasteiger charge is 2.04.